The minimum absolute atomic E-state index is 0. The number of pyridine rings is 2. The first kappa shape index (κ1) is 35.0. The molecular weight excluding hydrogens is 996 g/mol. The molecule has 0 unspecified atom stereocenters. The monoisotopic (exact) mass is 1060 g/mol. The molecule has 0 amide bonds. The maximum Gasteiger partial charge on any atom is 0.139 e. The average Bonchev–Trinajstić information content (AvgIpc) is 3.90. The molecule has 0 N–H and O–H groups in total. The van der Waals surface area contributed by atoms with E-state index in [0.717, 1.165) is 33.6 Å². The summed E-state index contributed by atoms with van der Waals surface area (Å²) in [5.74, 6) is 0.0156. The number of furan rings is 1. The van der Waals surface area contributed by atoms with Gasteiger partial charge >= 0.3 is 0 Å². The largest absolute Gasteiger partial charge is 0.499 e. The van der Waals surface area contributed by atoms with Crippen molar-refractivity contribution in [3.05, 3.63) is 186 Å². The van der Waals surface area contributed by atoms with Crippen LogP contribution in [-0.2, 0) is 25.5 Å². The fraction of sp³-hybridized carbons (Fsp3) is 0.175. The van der Waals surface area contributed by atoms with Crippen molar-refractivity contribution >= 4 is 46.4 Å². The topological polar surface area (TPSA) is 56.7 Å². The number of nitrogens with zero attached hydrogens (tertiary/aromatic N) is 4. The SMILES string of the molecule is C[Si](C)(C)c1ccc(-c2[c-]cccc2)nc1.[2H]C([2H])([2H])c1cc(-c2cnc3c(c2)oc2c(-c4nc5ccc(F)cc5n4-c4c(-c5ccccc5)cccc4C(C)(C)C)[c-]ccc23)cc(C([2H])([2H])[2H])c1C([2H])([2H])[2H].[Ir]. The summed E-state index contributed by atoms with van der Waals surface area (Å²) in [5, 5.41) is 2.01. The average molecular weight is 1060 g/mol. The summed E-state index contributed by atoms with van der Waals surface area (Å²) >= 11 is 0. The van der Waals surface area contributed by atoms with E-state index in [1.807, 2.05) is 77.5 Å². The van der Waals surface area contributed by atoms with Crippen molar-refractivity contribution < 1.29 is 41.2 Å². The van der Waals surface area contributed by atoms with E-state index < -0.39 is 51.1 Å². The second-order valence-electron chi connectivity index (χ2n) is 17.9. The molecule has 10 aromatic rings. The van der Waals surface area contributed by atoms with E-state index in [1.165, 1.54) is 35.6 Å². The third kappa shape index (κ3) is 8.91. The Balaban J connectivity index is 0.000000365. The molecule has 8 heteroatoms. The first-order valence-electron chi connectivity index (χ1n) is 25.5. The zero-order chi connectivity index (χ0) is 52.4. The number of fused-ring (bicyclic) bond motifs is 4. The Kier molecular flexibility index (Phi) is 9.66. The van der Waals surface area contributed by atoms with Gasteiger partial charge < -0.3 is 14.0 Å². The van der Waals surface area contributed by atoms with Crippen LogP contribution in [0.2, 0.25) is 19.6 Å². The minimum atomic E-state index is -3.00. The van der Waals surface area contributed by atoms with E-state index in [9.17, 15) is 0 Å². The first-order chi connectivity index (χ1) is 34.3. The molecule has 0 saturated heterocycles. The second-order valence-corrected chi connectivity index (χ2v) is 23.0. The van der Waals surface area contributed by atoms with Crippen LogP contribution in [0.15, 0.2) is 150 Å². The first-order valence-corrected chi connectivity index (χ1v) is 24.5. The number of rotatable bonds is 6. The van der Waals surface area contributed by atoms with Gasteiger partial charge in [0.1, 0.15) is 11.4 Å². The number of aromatic nitrogens is 4. The second kappa shape index (κ2) is 17.9. The van der Waals surface area contributed by atoms with Crippen LogP contribution in [0.25, 0.3) is 83.7 Å². The van der Waals surface area contributed by atoms with Crippen molar-refractivity contribution in [3.8, 4) is 50.6 Å². The summed E-state index contributed by atoms with van der Waals surface area (Å²) in [5.41, 5.74) is 6.69. The third-order valence-electron chi connectivity index (χ3n) is 11.3. The van der Waals surface area contributed by atoms with Gasteiger partial charge in [-0.2, -0.15) is 0 Å². The molecule has 0 aliphatic carbocycles. The van der Waals surface area contributed by atoms with Crippen LogP contribution in [-0.4, -0.2) is 27.6 Å². The van der Waals surface area contributed by atoms with E-state index in [1.54, 1.807) is 24.3 Å². The number of halogens is 1. The van der Waals surface area contributed by atoms with Gasteiger partial charge in [0.05, 0.1) is 41.7 Å². The number of imidazole rings is 1. The van der Waals surface area contributed by atoms with E-state index in [2.05, 4.69) is 75.7 Å². The predicted octanol–water partition coefficient (Wildman–Crippen LogP) is 14.6. The summed E-state index contributed by atoms with van der Waals surface area (Å²) in [4.78, 5) is 14.3. The Morgan fingerprint density at radius 1 is 0.723 bits per heavy atom. The van der Waals surface area contributed by atoms with Crippen LogP contribution < -0.4 is 5.19 Å². The molecule has 0 saturated carbocycles. The zero-order valence-corrected chi connectivity index (χ0v) is 40.2. The molecule has 0 fully saturated rings. The van der Waals surface area contributed by atoms with Crippen LogP contribution in [0.5, 0.6) is 0 Å². The van der Waals surface area contributed by atoms with Gasteiger partial charge in [-0.05, 0) is 99.9 Å². The quantitative estimate of drug-likeness (QED) is 0.123. The summed E-state index contributed by atoms with van der Waals surface area (Å²) in [6.07, 6.45) is 3.48. The van der Waals surface area contributed by atoms with Crippen molar-refractivity contribution in [3.63, 3.8) is 0 Å². The van der Waals surface area contributed by atoms with Crippen molar-refractivity contribution in [2.75, 3.05) is 0 Å². The Hall–Kier alpha value is -6.31. The smallest absolute Gasteiger partial charge is 0.139 e. The van der Waals surface area contributed by atoms with Gasteiger partial charge in [0.15, 0.2) is 0 Å². The molecule has 327 valence electrons. The molecule has 5 nitrogen and oxygen atoms in total. The molecule has 4 aromatic heterocycles. The number of aryl methyl sites for hydroxylation is 2. The van der Waals surface area contributed by atoms with Crippen LogP contribution in [0.4, 0.5) is 4.39 Å². The van der Waals surface area contributed by atoms with Crippen LogP contribution in [0, 0.1) is 38.5 Å². The Bertz CT molecular complexity index is 3640. The molecule has 4 heterocycles. The van der Waals surface area contributed by atoms with E-state index in [-0.39, 0.29) is 31.1 Å². The van der Waals surface area contributed by atoms with Gasteiger partial charge in [-0.25, -0.2) is 4.39 Å². The minimum Gasteiger partial charge on any atom is -0.499 e. The summed E-state index contributed by atoms with van der Waals surface area (Å²) < 4.78 is 96.6. The molecule has 0 atom stereocenters. The fourth-order valence-electron chi connectivity index (χ4n) is 7.98. The molecule has 6 aromatic carbocycles. The van der Waals surface area contributed by atoms with Crippen LogP contribution >= 0.6 is 0 Å². The third-order valence-corrected chi connectivity index (χ3v) is 13.4. The van der Waals surface area contributed by atoms with Crippen molar-refractivity contribution in [1.82, 2.24) is 19.5 Å². The summed E-state index contributed by atoms with van der Waals surface area (Å²) in [6, 6.07) is 46.8. The maximum atomic E-state index is 15.2. The molecule has 0 bridgehead atoms. The van der Waals surface area contributed by atoms with Crippen molar-refractivity contribution in [2.45, 2.75) is 66.4 Å². The molecule has 0 spiro atoms. The maximum absolute atomic E-state index is 15.2. The zero-order valence-electron chi connectivity index (χ0n) is 45.8. The normalized spacial score (nSPS) is 14.4. The fourth-order valence-corrected chi connectivity index (χ4v) is 9.01. The van der Waals surface area contributed by atoms with E-state index in [4.69, 9.17) is 26.7 Å². The molecule has 65 heavy (non-hydrogen) atoms. The number of hydrogen-bond acceptors (Lipinski definition) is 4. The molecule has 10 rings (SSSR count). The van der Waals surface area contributed by atoms with Gasteiger partial charge in [0, 0.05) is 56.0 Å². The number of hydrogen-bond donors (Lipinski definition) is 0. The predicted molar refractivity (Wildman–Crippen MR) is 266 cm³/mol. The van der Waals surface area contributed by atoms with E-state index >= 15 is 4.39 Å². The molecular formula is C57H51FIrN4OSi-2. The van der Waals surface area contributed by atoms with Gasteiger partial charge in [-0.15, -0.1) is 54.1 Å². The summed E-state index contributed by atoms with van der Waals surface area (Å²) in [7, 11) is -1.23. The Morgan fingerprint density at radius 2 is 1.51 bits per heavy atom. The molecule has 0 aliphatic heterocycles. The standard InChI is InChI=1S/C43H35FN3O.C14H16NSi.Ir/c1-25-20-29(21-26(2)27(25)3)30-22-38-39(45-24-30)33-15-10-16-34(41(33)48-38)42-46-36-19-18-31(44)23-37(36)47(42)40-32(28-12-8-7-9-13-28)14-11-17-35(40)43(4,5)6;1-16(2,3)13-9-10-14(15-11-13)12-7-5-4-6-8-12;/h7-15,17-24H,1-6H3;4-7,9-11H,1-3H3;/q2*-1;/i1D3,2D3,3D3;;. The van der Waals surface area contributed by atoms with Gasteiger partial charge in [0.25, 0.3) is 0 Å². The van der Waals surface area contributed by atoms with Crippen LogP contribution in [0.3, 0.4) is 0 Å². The van der Waals surface area contributed by atoms with Crippen LogP contribution in [0.1, 0.15) is 55.4 Å². The number of para-hydroxylation sites is 1. The van der Waals surface area contributed by atoms with Crippen molar-refractivity contribution in [2.24, 2.45) is 0 Å². The number of benzene rings is 6. The van der Waals surface area contributed by atoms with E-state index in [0.29, 0.717) is 50.1 Å². The molecule has 0 aliphatic rings. The molecule has 1 radical (unpaired) electrons. The van der Waals surface area contributed by atoms with Crippen molar-refractivity contribution in [1.29, 1.82) is 0 Å². The van der Waals surface area contributed by atoms with Gasteiger partial charge in [-0.1, -0.05) is 119 Å². The van der Waals surface area contributed by atoms with Gasteiger partial charge in [-0.3, -0.25) is 9.97 Å². The Labute approximate surface area is 408 Å². The summed E-state index contributed by atoms with van der Waals surface area (Å²) in [6.45, 7) is 4.49. The van der Waals surface area contributed by atoms with Gasteiger partial charge in [0.2, 0.25) is 0 Å². The Morgan fingerprint density at radius 3 is 2.18 bits per heavy atom.